The van der Waals surface area contributed by atoms with E-state index < -0.39 is 6.10 Å². The van der Waals surface area contributed by atoms with Gasteiger partial charge in [-0.3, -0.25) is 0 Å². The van der Waals surface area contributed by atoms with Gasteiger partial charge in [-0.2, -0.15) is 0 Å². The topological polar surface area (TPSA) is 64.7 Å². The quantitative estimate of drug-likeness (QED) is 0.682. The van der Waals surface area contributed by atoms with Crippen LogP contribution in [0.3, 0.4) is 0 Å². The van der Waals surface area contributed by atoms with Crippen molar-refractivity contribution in [1.29, 1.82) is 0 Å². The van der Waals surface area contributed by atoms with Crippen LogP contribution >= 0.6 is 0 Å². The predicted molar refractivity (Wildman–Crippen MR) is 54.0 cm³/mol. The Morgan fingerprint density at radius 2 is 2.07 bits per heavy atom. The van der Waals surface area contributed by atoms with Gasteiger partial charge in [0.2, 0.25) is 0 Å². The van der Waals surface area contributed by atoms with Gasteiger partial charge in [-0.1, -0.05) is 0 Å². The Bertz CT molecular complexity index is 165. The summed E-state index contributed by atoms with van der Waals surface area (Å²) >= 11 is 0. The lowest BCUT2D eigenvalue weighted by Crippen LogP contribution is -2.43. The molecule has 0 amide bonds. The van der Waals surface area contributed by atoms with Gasteiger partial charge in [0, 0.05) is 26.7 Å². The van der Waals surface area contributed by atoms with Crippen LogP contribution in [0.2, 0.25) is 0 Å². The average Bonchev–Trinajstić information content (AvgIpc) is 2.27. The van der Waals surface area contributed by atoms with E-state index in [0.717, 1.165) is 19.3 Å². The summed E-state index contributed by atoms with van der Waals surface area (Å²) in [7, 11) is 3.40. The molecule has 14 heavy (non-hydrogen) atoms. The smallest absolute Gasteiger partial charge is 0.0716 e. The highest BCUT2D eigenvalue weighted by Gasteiger charge is 2.34. The molecule has 0 aliphatic heterocycles. The Balaban J connectivity index is 2.55. The minimum atomic E-state index is -0.474. The van der Waals surface area contributed by atoms with Crippen molar-refractivity contribution in [3.05, 3.63) is 0 Å². The highest BCUT2D eigenvalue weighted by Crippen LogP contribution is 2.30. The first kappa shape index (κ1) is 11.9. The molecule has 0 spiro atoms. The van der Waals surface area contributed by atoms with E-state index in [4.69, 9.17) is 15.2 Å². The van der Waals surface area contributed by atoms with Crippen LogP contribution in [0.4, 0.5) is 0 Å². The third-order valence-electron chi connectivity index (χ3n) is 3.16. The monoisotopic (exact) mass is 203 g/mol. The van der Waals surface area contributed by atoms with E-state index in [1.165, 1.54) is 0 Å². The summed E-state index contributed by atoms with van der Waals surface area (Å²) in [5, 5.41) is 9.74. The van der Waals surface area contributed by atoms with Gasteiger partial charge >= 0.3 is 0 Å². The second-order valence-electron chi connectivity index (χ2n) is 3.91. The molecule has 0 aromatic rings. The molecule has 3 N–H and O–H groups in total. The summed E-state index contributed by atoms with van der Waals surface area (Å²) in [5.41, 5.74) is 5.46. The Hall–Kier alpha value is -0.160. The summed E-state index contributed by atoms with van der Waals surface area (Å²) in [5.74, 6) is 0.115. The molecule has 1 aliphatic rings. The normalized spacial score (nSPS) is 35.6. The first-order valence-corrected chi connectivity index (χ1v) is 5.16. The average molecular weight is 203 g/mol. The zero-order valence-electron chi connectivity index (χ0n) is 8.98. The first-order valence-electron chi connectivity index (χ1n) is 5.16. The number of hydrogen-bond donors (Lipinski definition) is 2. The minimum Gasteiger partial charge on any atom is -0.391 e. The van der Waals surface area contributed by atoms with Gasteiger partial charge < -0.3 is 20.3 Å². The molecule has 4 unspecified atom stereocenters. The van der Waals surface area contributed by atoms with Gasteiger partial charge in [-0.25, -0.2) is 0 Å². The third kappa shape index (κ3) is 2.67. The maximum Gasteiger partial charge on any atom is 0.0716 e. The van der Waals surface area contributed by atoms with E-state index in [2.05, 4.69) is 0 Å². The second-order valence-corrected chi connectivity index (χ2v) is 3.91. The molecular formula is C10H21NO3. The van der Waals surface area contributed by atoms with Crippen LogP contribution in [0.5, 0.6) is 0 Å². The Morgan fingerprint density at radius 1 is 1.36 bits per heavy atom. The van der Waals surface area contributed by atoms with Crippen LogP contribution in [0, 0.1) is 5.92 Å². The molecule has 1 saturated carbocycles. The fraction of sp³-hybridized carbons (Fsp3) is 1.00. The van der Waals surface area contributed by atoms with Crippen LogP contribution in [0.15, 0.2) is 0 Å². The van der Waals surface area contributed by atoms with Crippen molar-refractivity contribution in [3.8, 4) is 0 Å². The molecule has 1 aliphatic carbocycles. The zero-order valence-corrected chi connectivity index (χ0v) is 8.98. The number of rotatable bonds is 4. The van der Waals surface area contributed by atoms with Crippen LogP contribution < -0.4 is 5.73 Å². The molecular weight excluding hydrogens is 182 g/mol. The van der Waals surface area contributed by atoms with Crippen molar-refractivity contribution < 1.29 is 14.6 Å². The molecule has 84 valence electrons. The molecule has 0 bridgehead atoms. The molecule has 0 radical (unpaired) electrons. The molecule has 4 nitrogen and oxygen atoms in total. The summed E-state index contributed by atoms with van der Waals surface area (Å²) in [6, 6.07) is 0. The summed E-state index contributed by atoms with van der Waals surface area (Å²) in [4.78, 5) is 0. The number of aliphatic hydroxyl groups is 1. The molecule has 0 aromatic carbocycles. The van der Waals surface area contributed by atoms with Gasteiger partial charge in [0.25, 0.3) is 0 Å². The van der Waals surface area contributed by atoms with E-state index in [1.54, 1.807) is 14.2 Å². The summed E-state index contributed by atoms with van der Waals surface area (Å²) in [6.45, 7) is 0.293. The van der Waals surface area contributed by atoms with E-state index in [9.17, 15) is 5.11 Å². The van der Waals surface area contributed by atoms with Gasteiger partial charge in [-0.15, -0.1) is 0 Å². The number of aliphatic hydroxyl groups excluding tert-OH is 1. The molecule has 0 aromatic heterocycles. The molecule has 4 heteroatoms. The number of nitrogens with two attached hydrogens (primary N) is 1. The molecule has 0 saturated heterocycles. The van der Waals surface area contributed by atoms with Crippen molar-refractivity contribution in [2.45, 2.75) is 37.6 Å². The van der Waals surface area contributed by atoms with E-state index in [0.29, 0.717) is 6.54 Å². The van der Waals surface area contributed by atoms with Gasteiger partial charge in [-0.05, 0) is 19.3 Å². The fourth-order valence-electron chi connectivity index (χ4n) is 2.22. The van der Waals surface area contributed by atoms with Crippen molar-refractivity contribution in [2.75, 3.05) is 20.8 Å². The van der Waals surface area contributed by atoms with Crippen molar-refractivity contribution in [2.24, 2.45) is 11.7 Å². The molecule has 4 atom stereocenters. The predicted octanol–water partition coefficient (Wildman–Crippen LogP) is 0.136. The Labute approximate surface area is 85.4 Å². The van der Waals surface area contributed by atoms with Crippen molar-refractivity contribution in [3.63, 3.8) is 0 Å². The van der Waals surface area contributed by atoms with Gasteiger partial charge in [0.15, 0.2) is 0 Å². The van der Waals surface area contributed by atoms with E-state index in [-0.39, 0.29) is 18.1 Å². The maximum atomic E-state index is 9.74. The van der Waals surface area contributed by atoms with Crippen LogP contribution in [0.25, 0.3) is 0 Å². The van der Waals surface area contributed by atoms with Crippen molar-refractivity contribution >= 4 is 0 Å². The third-order valence-corrected chi connectivity index (χ3v) is 3.16. The summed E-state index contributed by atoms with van der Waals surface area (Å²) < 4.78 is 10.6. The van der Waals surface area contributed by atoms with E-state index in [1.807, 2.05) is 0 Å². The van der Waals surface area contributed by atoms with Crippen LogP contribution in [0.1, 0.15) is 19.3 Å². The number of hydrogen-bond acceptors (Lipinski definition) is 4. The van der Waals surface area contributed by atoms with Gasteiger partial charge in [0.1, 0.15) is 0 Å². The van der Waals surface area contributed by atoms with Crippen LogP contribution in [-0.4, -0.2) is 44.2 Å². The SMILES string of the molecule is COC1CCC(OC)C(C(O)CN)C1. The number of ether oxygens (including phenoxy) is 2. The van der Waals surface area contributed by atoms with Crippen LogP contribution in [-0.2, 0) is 9.47 Å². The minimum absolute atomic E-state index is 0.115. The van der Waals surface area contributed by atoms with Gasteiger partial charge in [0.05, 0.1) is 18.3 Å². The lowest BCUT2D eigenvalue weighted by Gasteiger charge is -2.36. The maximum absolute atomic E-state index is 9.74. The number of methoxy groups -OCH3 is 2. The lowest BCUT2D eigenvalue weighted by atomic mass is 9.81. The Morgan fingerprint density at radius 3 is 2.57 bits per heavy atom. The standard InChI is InChI=1S/C10H21NO3/c1-13-7-3-4-10(14-2)8(5-7)9(12)6-11/h7-10,12H,3-6,11H2,1-2H3. The molecule has 1 fully saturated rings. The fourth-order valence-corrected chi connectivity index (χ4v) is 2.22. The van der Waals surface area contributed by atoms with Crippen molar-refractivity contribution in [1.82, 2.24) is 0 Å². The highest BCUT2D eigenvalue weighted by atomic mass is 16.5. The highest BCUT2D eigenvalue weighted by molar-refractivity contribution is 4.85. The zero-order chi connectivity index (χ0) is 10.6. The molecule has 0 heterocycles. The van der Waals surface area contributed by atoms with E-state index >= 15 is 0 Å². The molecule has 1 rings (SSSR count). The summed E-state index contributed by atoms with van der Waals surface area (Å²) in [6.07, 6.45) is 2.68. The first-order chi connectivity index (χ1) is 6.72. The Kier molecular flexibility index (Phi) is 4.81. The largest absolute Gasteiger partial charge is 0.391 e. The second kappa shape index (κ2) is 5.66. The lowest BCUT2D eigenvalue weighted by molar-refractivity contribution is -0.0736.